The van der Waals surface area contributed by atoms with Crippen molar-refractivity contribution in [3.05, 3.63) is 89.0 Å². The van der Waals surface area contributed by atoms with Crippen molar-refractivity contribution in [1.82, 2.24) is 0 Å². The molecule has 168 valence electrons. The molecule has 1 aliphatic carbocycles. The lowest BCUT2D eigenvalue weighted by atomic mass is 9.79. The maximum absolute atomic E-state index is 13.7. The van der Waals surface area contributed by atoms with Crippen molar-refractivity contribution >= 4 is 0 Å². The van der Waals surface area contributed by atoms with Gasteiger partial charge in [-0.15, -0.1) is 0 Å². The molecular weight excluding hydrogens is 430 g/mol. The van der Waals surface area contributed by atoms with Crippen LogP contribution >= 0.6 is 0 Å². The zero-order valence-electron chi connectivity index (χ0n) is 17.0. The van der Waals surface area contributed by atoms with Gasteiger partial charge in [0.2, 0.25) is 0 Å². The number of benzene rings is 3. The van der Waals surface area contributed by atoms with Gasteiger partial charge in [0.1, 0.15) is 5.82 Å². The molecule has 0 spiro atoms. The van der Waals surface area contributed by atoms with E-state index >= 15 is 0 Å². The monoisotopic (exact) mass is 450 g/mol. The summed E-state index contributed by atoms with van der Waals surface area (Å²) >= 11 is 0. The zero-order valence-corrected chi connectivity index (χ0v) is 17.0. The van der Waals surface area contributed by atoms with Crippen molar-refractivity contribution in [3.8, 4) is 16.9 Å². The van der Waals surface area contributed by atoms with Gasteiger partial charge < -0.3 is 4.74 Å². The first-order valence-electron chi connectivity index (χ1n) is 10.3. The molecule has 0 N–H and O–H groups in total. The first kappa shape index (κ1) is 22.2. The maximum Gasteiger partial charge on any atom is 0.194 e. The fourth-order valence-corrected chi connectivity index (χ4v) is 4.20. The third kappa shape index (κ3) is 4.76. The first-order chi connectivity index (χ1) is 15.3. The standard InChI is InChI=1S/C25H20F6O/c26-19-11-22(29)25(23(30)12-19)32-13-14-1-3-15(4-2-14)16-5-7-17(8-6-16)18-9-20(27)24(31)21(28)10-18/h5-12,14-15H,1-4,13H2. The molecule has 0 unspecified atom stereocenters. The minimum atomic E-state index is -1.49. The fraction of sp³-hybridized carbons (Fsp3) is 0.280. The van der Waals surface area contributed by atoms with E-state index in [1.54, 1.807) is 12.1 Å². The van der Waals surface area contributed by atoms with Crippen molar-refractivity contribution in [3.63, 3.8) is 0 Å². The quantitative estimate of drug-likeness (QED) is 0.288. The van der Waals surface area contributed by atoms with Crippen molar-refractivity contribution in [2.75, 3.05) is 6.61 Å². The number of ether oxygens (including phenoxy) is 1. The van der Waals surface area contributed by atoms with Crippen LogP contribution in [0.15, 0.2) is 48.5 Å². The summed E-state index contributed by atoms with van der Waals surface area (Å²) in [5, 5.41) is 0. The zero-order chi connectivity index (χ0) is 22.8. The molecule has 0 amide bonds. The summed E-state index contributed by atoms with van der Waals surface area (Å²) in [5.74, 6) is -7.22. The Morgan fingerprint density at radius 3 is 1.78 bits per heavy atom. The van der Waals surface area contributed by atoms with E-state index in [2.05, 4.69) is 0 Å². The highest BCUT2D eigenvalue weighted by Crippen LogP contribution is 2.37. The van der Waals surface area contributed by atoms with Crippen LogP contribution in [-0.4, -0.2) is 6.61 Å². The van der Waals surface area contributed by atoms with Crippen LogP contribution in [0.3, 0.4) is 0 Å². The van der Waals surface area contributed by atoms with Gasteiger partial charge in [-0.1, -0.05) is 24.3 Å². The van der Waals surface area contributed by atoms with E-state index in [0.29, 0.717) is 17.7 Å². The third-order valence-corrected chi connectivity index (χ3v) is 5.97. The highest BCUT2D eigenvalue weighted by Gasteiger charge is 2.24. The molecule has 32 heavy (non-hydrogen) atoms. The van der Waals surface area contributed by atoms with Crippen molar-refractivity contribution in [1.29, 1.82) is 0 Å². The molecule has 0 atom stereocenters. The van der Waals surface area contributed by atoms with Crippen LogP contribution in [0.2, 0.25) is 0 Å². The Bertz CT molecular complexity index is 1060. The average Bonchev–Trinajstić information content (AvgIpc) is 2.77. The SMILES string of the molecule is Fc1cc(F)c(OCC2CCC(c3ccc(-c4cc(F)c(F)c(F)c4)cc3)CC2)c(F)c1. The van der Waals surface area contributed by atoms with Gasteiger partial charge in [0.05, 0.1) is 6.61 Å². The molecule has 0 radical (unpaired) electrons. The Hall–Kier alpha value is -2.96. The lowest BCUT2D eigenvalue weighted by Gasteiger charge is -2.29. The van der Waals surface area contributed by atoms with Gasteiger partial charge in [-0.2, -0.15) is 0 Å². The Labute approximate surface area is 181 Å². The van der Waals surface area contributed by atoms with Gasteiger partial charge in [-0.05, 0) is 66.3 Å². The normalized spacial score (nSPS) is 18.6. The van der Waals surface area contributed by atoms with Gasteiger partial charge in [0, 0.05) is 12.1 Å². The number of hydrogen-bond acceptors (Lipinski definition) is 1. The molecule has 0 aliphatic heterocycles. The first-order valence-corrected chi connectivity index (χ1v) is 10.3. The topological polar surface area (TPSA) is 9.23 Å². The highest BCUT2D eigenvalue weighted by molar-refractivity contribution is 5.64. The Kier molecular flexibility index (Phi) is 6.44. The van der Waals surface area contributed by atoms with E-state index in [-0.39, 0.29) is 24.0 Å². The van der Waals surface area contributed by atoms with Crippen LogP contribution in [-0.2, 0) is 0 Å². The minimum absolute atomic E-state index is 0.125. The summed E-state index contributed by atoms with van der Waals surface area (Å²) in [4.78, 5) is 0. The molecule has 1 saturated carbocycles. The molecule has 1 nitrogen and oxygen atoms in total. The van der Waals surface area contributed by atoms with Crippen LogP contribution < -0.4 is 4.74 Å². The predicted octanol–water partition coefficient (Wildman–Crippen LogP) is 7.54. The molecule has 3 aromatic rings. The maximum atomic E-state index is 13.7. The number of hydrogen-bond donors (Lipinski definition) is 0. The summed E-state index contributed by atoms with van der Waals surface area (Å²) < 4.78 is 85.8. The van der Waals surface area contributed by atoms with Crippen molar-refractivity contribution in [2.24, 2.45) is 5.92 Å². The van der Waals surface area contributed by atoms with Crippen LogP contribution in [0.5, 0.6) is 5.75 Å². The summed E-state index contributed by atoms with van der Waals surface area (Å²) in [6, 6.07) is 10.4. The summed E-state index contributed by atoms with van der Waals surface area (Å²) in [6.07, 6.45) is 3.29. The van der Waals surface area contributed by atoms with E-state index < -0.39 is 40.7 Å². The molecular formula is C25H20F6O. The smallest absolute Gasteiger partial charge is 0.194 e. The van der Waals surface area contributed by atoms with E-state index in [1.165, 1.54) is 0 Å². The van der Waals surface area contributed by atoms with Gasteiger partial charge in [-0.3, -0.25) is 0 Å². The molecule has 0 heterocycles. The van der Waals surface area contributed by atoms with E-state index in [1.807, 2.05) is 12.1 Å². The van der Waals surface area contributed by atoms with Crippen LogP contribution in [0.4, 0.5) is 26.3 Å². The minimum Gasteiger partial charge on any atom is -0.487 e. The lowest BCUT2D eigenvalue weighted by molar-refractivity contribution is 0.187. The van der Waals surface area contributed by atoms with Crippen LogP contribution in [0.25, 0.3) is 11.1 Å². The van der Waals surface area contributed by atoms with E-state index in [4.69, 9.17) is 4.74 Å². The van der Waals surface area contributed by atoms with E-state index in [0.717, 1.165) is 43.4 Å². The molecule has 1 aliphatic rings. The summed E-state index contributed by atoms with van der Waals surface area (Å²) in [7, 11) is 0. The molecule has 0 bridgehead atoms. The Morgan fingerprint density at radius 1 is 0.656 bits per heavy atom. The molecule has 0 aromatic heterocycles. The van der Waals surface area contributed by atoms with Gasteiger partial charge in [-0.25, -0.2) is 26.3 Å². The average molecular weight is 450 g/mol. The number of halogens is 6. The fourth-order valence-electron chi connectivity index (χ4n) is 4.20. The molecule has 0 saturated heterocycles. The lowest BCUT2D eigenvalue weighted by Crippen LogP contribution is -2.20. The summed E-state index contributed by atoms with van der Waals surface area (Å²) in [5.41, 5.74) is 1.91. The molecule has 1 fully saturated rings. The highest BCUT2D eigenvalue weighted by atomic mass is 19.2. The van der Waals surface area contributed by atoms with Gasteiger partial charge in [0.25, 0.3) is 0 Å². The second-order valence-electron chi connectivity index (χ2n) is 8.10. The molecule has 7 heteroatoms. The Morgan fingerprint density at radius 2 is 1.22 bits per heavy atom. The van der Waals surface area contributed by atoms with Crippen molar-refractivity contribution < 1.29 is 31.1 Å². The second-order valence-corrected chi connectivity index (χ2v) is 8.10. The largest absolute Gasteiger partial charge is 0.487 e. The van der Waals surface area contributed by atoms with Gasteiger partial charge >= 0.3 is 0 Å². The van der Waals surface area contributed by atoms with Gasteiger partial charge in [0.15, 0.2) is 34.8 Å². The Balaban J connectivity index is 1.34. The van der Waals surface area contributed by atoms with Crippen LogP contribution in [0.1, 0.15) is 37.2 Å². The third-order valence-electron chi connectivity index (χ3n) is 5.97. The van der Waals surface area contributed by atoms with Crippen molar-refractivity contribution in [2.45, 2.75) is 31.6 Å². The predicted molar refractivity (Wildman–Crippen MR) is 108 cm³/mol. The van der Waals surface area contributed by atoms with Crippen LogP contribution in [0, 0.1) is 40.8 Å². The number of rotatable bonds is 5. The summed E-state index contributed by atoms with van der Waals surface area (Å²) in [6.45, 7) is 0.146. The van der Waals surface area contributed by atoms with E-state index in [9.17, 15) is 26.3 Å². The second kappa shape index (κ2) is 9.27. The molecule has 4 rings (SSSR count). The molecule has 3 aromatic carbocycles.